The first kappa shape index (κ1) is 21.0. The summed E-state index contributed by atoms with van der Waals surface area (Å²) in [5.74, 6) is -0.319. The molecule has 1 aliphatic heterocycles. The molecule has 9 nitrogen and oxygen atoms in total. The summed E-state index contributed by atoms with van der Waals surface area (Å²) in [5.41, 5.74) is 1.83. The van der Waals surface area contributed by atoms with Crippen LogP contribution in [0.5, 0.6) is 0 Å². The molecule has 1 saturated heterocycles. The van der Waals surface area contributed by atoms with Gasteiger partial charge in [0.05, 0.1) is 34.5 Å². The third-order valence-electron chi connectivity index (χ3n) is 5.31. The van der Waals surface area contributed by atoms with Gasteiger partial charge in [0.2, 0.25) is 5.56 Å². The lowest BCUT2D eigenvalue weighted by molar-refractivity contribution is -0.385. The Morgan fingerprint density at radius 3 is 2.58 bits per heavy atom. The lowest BCUT2D eigenvalue weighted by atomic mass is 10.1. The third-order valence-corrected chi connectivity index (χ3v) is 7.02. The Labute approximate surface area is 178 Å². The monoisotopic (exact) mass is 443 g/mol. The fraction of sp³-hybridized carbons (Fsp3) is 0.286. The van der Waals surface area contributed by atoms with Crippen LogP contribution >= 0.6 is 0 Å². The highest BCUT2D eigenvalue weighted by Crippen LogP contribution is 2.32. The van der Waals surface area contributed by atoms with Crippen LogP contribution in [0.3, 0.4) is 0 Å². The summed E-state index contributed by atoms with van der Waals surface area (Å²) in [4.78, 5) is 26.9. The van der Waals surface area contributed by atoms with Crippen LogP contribution in [-0.4, -0.2) is 44.6 Å². The number of benzene rings is 2. The van der Waals surface area contributed by atoms with Gasteiger partial charge in [-0.25, -0.2) is 8.42 Å². The number of non-ortho nitro benzene ring substituents is 1. The Bertz CT molecular complexity index is 1330. The predicted octanol–water partition coefficient (Wildman–Crippen LogP) is 2.56. The molecule has 2 heterocycles. The molecule has 1 aromatic heterocycles. The second-order valence-corrected chi connectivity index (χ2v) is 9.42. The number of ether oxygens (including phenoxy) is 1. The first-order valence-electron chi connectivity index (χ1n) is 9.71. The molecule has 4 rings (SSSR count). The number of nitro groups is 1. The molecule has 31 heavy (non-hydrogen) atoms. The Morgan fingerprint density at radius 1 is 1.13 bits per heavy atom. The zero-order valence-electron chi connectivity index (χ0n) is 16.8. The van der Waals surface area contributed by atoms with Crippen molar-refractivity contribution in [3.8, 4) is 0 Å². The number of aromatic nitrogens is 1. The van der Waals surface area contributed by atoms with Gasteiger partial charge < -0.3 is 14.6 Å². The molecule has 10 heteroatoms. The summed E-state index contributed by atoms with van der Waals surface area (Å²) >= 11 is 0. The van der Waals surface area contributed by atoms with Crippen LogP contribution in [0.1, 0.15) is 11.1 Å². The number of H-pyrrole nitrogens is 1. The van der Waals surface area contributed by atoms with Gasteiger partial charge >= 0.3 is 0 Å². The van der Waals surface area contributed by atoms with Crippen molar-refractivity contribution in [2.45, 2.75) is 17.6 Å². The van der Waals surface area contributed by atoms with Crippen LogP contribution in [0.2, 0.25) is 0 Å². The molecular formula is C21H21N3O6S. The fourth-order valence-corrected chi connectivity index (χ4v) is 5.38. The largest absolute Gasteiger partial charge is 0.378 e. The first-order valence-corrected chi connectivity index (χ1v) is 11.4. The van der Waals surface area contributed by atoms with Crippen molar-refractivity contribution in [3.63, 3.8) is 0 Å². The van der Waals surface area contributed by atoms with E-state index in [1.165, 1.54) is 18.2 Å². The molecule has 2 aromatic carbocycles. The number of aryl methyl sites for hydroxylation is 1. The van der Waals surface area contributed by atoms with Gasteiger partial charge in [0.25, 0.3) is 5.69 Å². The molecule has 0 aliphatic carbocycles. The van der Waals surface area contributed by atoms with Crippen LogP contribution in [0, 0.1) is 17.0 Å². The van der Waals surface area contributed by atoms with Gasteiger partial charge in [-0.05, 0) is 36.2 Å². The maximum absolute atomic E-state index is 13.4. The van der Waals surface area contributed by atoms with Crippen LogP contribution in [0.15, 0.2) is 52.2 Å². The number of morpholine rings is 1. The molecule has 1 aliphatic rings. The van der Waals surface area contributed by atoms with Crippen LogP contribution in [0.4, 0.5) is 11.4 Å². The van der Waals surface area contributed by atoms with E-state index in [0.717, 1.165) is 17.0 Å². The molecule has 0 spiro atoms. The van der Waals surface area contributed by atoms with Gasteiger partial charge in [-0.15, -0.1) is 0 Å². The van der Waals surface area contributed by atoms with Gasteiger partial charge in [0.15, 0.2) is 9.84 Å². The van der Waals surface area contributed by atoms with Gasteiger partial charge in [0.1, 0.15) is 0 Å². The number of nitrogens with one attached hydrogen (secondary N) is 1. The molecule has 3 aromatic rings. The average Bonchev–Trinajstić information content (AvgIpc) is 2.74. The highest BCUT2D eigenvalue weighted by Gasteiger charge is 2.26. The van der Waals surface area contributed by atoms with E-state index in [1.54, 1.807) is 25.1 Å². The minimum atomic E-state index is -3.90. The van der Waals surface area contributed by atoms with Crippen LogP contribution in [0.25, 0.3) is 10.9 Å². The number of nitro benzene ring substituents is 1. The molecule has 1 N–H and O–H groups in total. The molecule has 1 fully saturated rings. The minimum absolute atomic E-state index is 0.0677. The number of hydrogen-bond acceptors (Lipinski definition) is 7. The van der Waals surface area contributed by atoms with Crippen LogP contribution in [-0.2, 0) is 20.3 Å². The second-order valence-electron chi connectivity index (χ2n) is 7.46. The number of hydrogen-bond donors (Lipinski definition) is 1. The van der Waals surface area contributed by atoms with E-state index >= 15 is 0 Å². The SMILES string of the molecule is Cc1cc(=O)[nH]c2ccc(CS(=O)(=O)c3cc([N+](=O)[O-])ccc3N3CCOCC3)cc12. The Hall–Kier alpha value is -3.24. The van der Waals surface area contributed by atoms with E-state index in [2.05, 4.69) is 4.98 Å². The van der Waals surface area contributed by atoms with Gasteiger partial charge in [-0.1, -0.05) is 6.07 Å². The number of aromatic amines is 1. The summed E-state index contributed by atoms with van der Waals surface area (Å²) < 4.78 is 32.1. The summed E-state index contributed by atoms with van der Waals surface area (Å²) in [5, 5.41) is 12.0. The van der Waals surface area contributed by atoms with Crippen molar-refractivity contribution in [2.24, 2.45) is 0 Å². The lowest BCUT2D eigenvalue weighted by Crippen LogP contribution is -2.37. The summed E-state index contributed by atoms with van der Waals surface area (Å²) in [6, 6.07) is 10.4. The second kappa shape index (κ2) is 8.12. The topological polar surface area (TPSA) is 123 Å². The number of fused-ring (bicyclic) bond motifs is 1. The standard InChI is InChI=1S/C21H21N3O6S/c1-14-10-21(25)22-18-4-2-15(11-17(14)18)13-31(28,29)20-12-16(24(26)27)3-5-19(20)23-6-8-30-9-7-23/h2-5,10-12H,6-9,13H2,1H3,(H,22,25). The Morgan fingerprint density at radius 2 is 1.87 bits per heavy atom. The normalized spacial score (nSPS) is 14.7. The van der Waals surface area contributed by atoms with E-state index in [9.17, 15) is 23.3 Å². The van der Waals surface area contributed by atoms with Crippen molar-refractivity contribution in [3.05, 3.63) is 74.1 Å². The Kier molecular flexibility index (Phi) is 5.50. The number of sulfone groups is 1. The number of anilines is 1. The van der Waals surface area contributed by atoms with Crippen molar-refractivity contribution >= 4 is 32.1 Å². The molecular weight excluding hydrogens is 422 g/mol. The smallest absolute Gasteiger partial charge is 0.270 e. The third kappa shape index (κ3) is 4.30. The summed E-state index contributed by atoms with van der Waals surface area (Å²) in [7, 11) is -3.90. The van der Waals surface area contributed by atoms with E-state index in [-0.39, 0.29) is 21.9 Å². The lowest BCUT2D eigenvalue weighted by Gasteiger charge is -2.30. The molecule has 0 radical (unpaired) electrons. The summed E-state index contributed by atoms with van der Waals surface area (Å²) in [6.07, 6.45) is 0. The zero-order chi connectivity index (χ0) is 22.2. The van der Waals surface area contributed by atoms with Crippen molar-refractivity contribution in [1.82, 2.24) is 4.98 Å². The number of pyridine rings is 1. The zero-order valence-corrected chi connectivity index (χ0v) is 17.6. The highest BCUT2D eigenvalue weighted by molar-refractivity contribution is 7.90. The quantitative estimate of drug-likeness (QED) is 0.475. The molecule has 0 unspecified atom stereocenters. The van der Waals surface area contributed by atoms with E-state index in [0.29, 0.717) is 43.1 Å². The maximum atomic E-state index is 13.4. The average molecular weight is 443 g/mol. The van der Waals surface area contributed by atoms with Crippen molar-refractivity contribution in [1.29, 1.82) is 0 Å². The van der Waals surface area contributed by atoms with Crippen molar-refractivity contribution in [2.75, 3.05) is 31.2 Å². The fourth-order valence-electron chi connectivity index (χ4n) is 3.79. The van der Waals surface area contributed by atoms with E-state index < -0.39 is 14.8 Å². The molecule has 0 amide bonds. The highest BCUT2D eigenvalue weighted by atomic mass is 32.2. The van der Waals surface area contributed by atoms with E-state index in [4.69, 9.17) is 4.74 Å². The van der Waals surface area contributed by atoms with Gasteiger partial charge in [-0.2, -0.15) is 0 Å². The van der Waals surface area contributed by atoms with Crippen LogP contribution < -0.4 is 10.5 Å². The molecule has 0 atom stereocenters. The van der Waals surface area contributed by atoms with Gasteiger partial charge in [0, 0.05) is 42.2 Å². The molecule has 162 valence electrons. The van der Waals surface area contributed by atoms with Crippen molar-refractivity contribution < 1.29 is 18.1 Å². The van der Waals surface area contributed by atoms with E-state index in [1.807, 2.05) is 4.90 Å². The van der Waals surface area contributed by atoms with Gasteiger partial charge in [-0.3, -0.25) is 14.9 Å². The molecule has 0 bridgehead atoms. The number of nitrogens with zero attached hydrogens (tertiary/aromatic N) is 2. The Balaban J connectivity index is 1.77. The number of rotatable bonds is 5. The predicted molar refractivity (Wildman–Crippen MR) is 116 cm³/mol. The minimum Gasteiger partial charge on any atom is -0.378 e. The first-order chi connectivity index (χ1) is 14.7. The maximum Gasteiger partial charge on any atom is 0.270 e. The summed E-state index contributed by atoms with van der Waals surface area (Å²) in [6.45, 7) is 3.70. The molecule has 0 saturated carbocycles.